The van der Waals surface area contributed by atoms with E-state index in [4.69, 9.17) is 0 Å². The summed E-state index contributed by atoms with van der Waals surface area (Å²) in [5, 5.41) is 0. The Morgan fingerprint density at radius 3 is 2.92 bits per heavy atom. The lowest BCUT2D eigenvalue weighted by atomic mass is 10.1. The number of fused-ring (bicyclic) bond motifs is 1. The van der Waals surface area contributed by atoms with Gasteiger partial charge in [-0.1, -0.05) is 6.07 Å². The zero-order valence-electron chi connectivity index (χ0n) is 6.91. The van der Waals surface area contributed by atoms with Crippen LogP contribution in [0.25, 0.3) is 0 Å². The Hall–Kier alpha value is -1.73. The lowest BCUT2D eigenvalue weighted by Gasteiger charge is -1.96. The van der Waals surface area contributed by atoms with E-state index < -0.39 is 0 Å². The van der Waals surface area contributed by atoms with Crippen molar-refractivity contribution >= 4 is 17.6 Å². The summed E-state index contributed by atoms with van der Waals surface area (Å²) in [7, 11) is 0. The van der Waals surface area contributed by atoms with Crippen molar-refractivity contribution in [2.45, 2.75) is 12.8 Å². The van der Waals surface area contributed by atoms with Gasteiger partial charge in [-0.25, -0.2) is 4.79 Å². The van der Waals surface area contributed by atoms with Crippen LogP contribution in [0.5, 0.6) is 0 Å². The fourth-order valence-corrected chi connectivity index (χ4v) is 1.55. The van der Waals surface area contributed by atoms with Gasteiger partial charge in [-0.15, -0.1) is 0 Å². The van der Waals surface area contributed by atoms with Gasteiger partial charge in [-0.2, -0.15) is 4.99 Å². The van der Waals surface area contributed by atoms with Gasteiger partial charge in [-0.3, -0.25) is 4.79 Å². The van der Waals surface area contributed by atoms with Gasteiger partial charge >= 0.3 is 0 Å². The number of isocyanates is 1. The predicted molar refractivity (Wildman–Crippen MR) is 46.9 cm³/mol. The number of rotatable bonds is 1. The van der Waals surface area contributed by atoms with Crippen LogP contribution in [0.1, 0.15) is 22.3 Å². The largest absolute Gasteiger partial charge is 0.294 e. The average molecular weight is 173 g/mol. The minimum absolute atomic E-state index is 0.137. The molecular weight excluding hydrogens is 166 g/mol. The van der Waals surface area contributed by atoms with E-state index in [1.807, 2.05) is 6.07 Å². The first-order chi connectivity index (χ1) is 6.31. The topological polar surface area (TPSA) is 46.5 Å². The van der Waals surface area contributed by atoms with Crippen LogP contribution in [-0.2, 0) is 11.2 Å². The highest BCUT2D eigenvalue weighted by atomic mass is 16.1. The quantitative estimate of drug-likeness (QED) is 0.480. The summed E-state index contributed by atoms with van der Waals surface area (Å²) in [5.74, 6) is 0.137. The highest BCUT2D eigenvalue weighted by Crippen LogP contribution is 2.25. The van der Waals surface area contributed by atoms with Crippen molar-refractivity contribution in [1.82, 2.24) is 0 Å². The maximum absolute atomic E-state index is 11.3. The number of hydrogen-bond donors (Lipinski definition) is 0. The first kappa shape index (κ1) is 7.90. The zero-order valence-corrected chi connectivity index (χ0v) is 6.91. The van der Waals surface area contributed by atoms with Crippen LogP contribution >= 0.6 is 0 Å². The van der Waals surface area contributed by atoms with Gasteiger partial charge in [0.1, 0.15) is 0 Å². The van der Waals surface area contributed by atoms with E-state index in [2.05, 4.69) is 4.99 Å². The maximum atomic E-state index is 11.3. The van der Waals surface area contributed by atoms with Gasteiger partial charge in [-0.05, 0) is 24.1 Å². The molecule has 0 fully saturated rings. The summed E-state index contributed by atoms with van der Waals surface area (Å²) in [6, 6.07) is 5.22. The van der Waals surface area contributed by atoms with Crippen molar-refractivity contribution in [3.05, 3.63) is 29.3 Å². The van der Waals surface area contributed by atoms with E-state index in [0.29, 0.717) is 17.7 Å². The minimum Gasteiger partial charge on any atom is -0.294 e. The molecule has 0 bridgehead atoms. The third-order valence-corrected chi connectivity index (χ3v) is 2.19. The average Bonchev–Trinajstić information content (AvgIpc) is 2.49. The van der Waals surface area contributed by atoms with Gasteiger partial charge in [0.15, 0.2) is 5.78 Å². The molecule has 0 atom stereocenters. The minimum atomic E-state index is 0.137. The van der Waals surface area contributed by atoms with Crippen LogP contribution in [0, 0.1) is 0 Å². The molecule has 1 aromatic rings. The highest BCUT2D eigenvalue weighted by Gasteiger charge is 2.18. The van der Waals surface area contributed by atoms with E-state index in [9.17, 15) is 9.59 Å². The van der Waals surface area contributed by atoms with Gasteiger partial charge in [0, 0.05) is 12.0 Å². The molecule has 13 heavy (non-hydrogen) atoms. The van der Waals surface area contributed by atoms with Crippen LogP contribution in [-0.4, -0.2) is 11.9 Å². The molecule has 0 radical (unpaired) electrons. The number of benzene rings is 1. The Kier molecular flexibility index (Phi) is 1.80. The van der Waals surface area contributed by atoms with Crippen LogP contribution < -0.4 is 0 Å². The SMILES string of the molecule is O=C=Nc1ccc2c(c1)C(=O)CC2. The number of aliphatic imine (C=N–C) groups is 1. The highest BCUT2D eigenvalue weighted by molar-refractivity contribution is 6.01. The third kappa shape index (κ3) is 1.30. The normalized spacial score (nSPS) is 13.7. The second-order valence-electron chi connectivity index (χ2n) is 2.97. The zero-order chi connectivity index (χ0) is 9.26. The Morgan fingerprint density at radius 2 is 2.15 bits per heavy atom. The molecule has 0 saturated carbocycles. The number of nitrogens with zero attached hydrogens (tertiary/aromatic N) is 1. The van der Waals surface area contributed by atoms with Crippen LogP contribution in [0.2, 0.25) is 0 Å². The molecule has 3 nitrogen and oxygen atoms in total. The monoisotopic (exact) mass is 173 g/mol. The standard InChI is InChI=1S/C10H7NO2/c12-6-11-8-3-1-7-2-4-10(13)9(7)5-8/h1,3,5H,2,4H2. The first-order valence-electron chi connectivity index (χ1n) is 4.05. The fraction of sp³-hybridized carbons (Fsp3) is 0.200. The van der Waals surface area contributed by atoms with Crippen LogP contribution in [0.15, 0.2) is 23.2 Å². The maximum Gasteiger partial charge on any atom is 0.240 e. The summed E-state index contributed by atoms with van der Waals surface area (Å²) in [5.41, 5.74) is 2.26. The van der Waals surface area contributed by atoms with Gasteiger partial charge in [0.25, 0.3) is 0 Å². The van der Waals surface area contributed by atoms with Gasteiger partial charge in [0.05, 0.1) is 5.69 Å². The number of carbonyl (C=O) groups is 1. The second-order valence-corrected chi connectivity index (χ2v) is 2.97. The lowest BCUT2D eigenvalue weighted by Crippen LogP contribution is -1.89. The van der Waals surface area contributed by atoms with E-state index >= 15 is 0 Å². The molecule has 1 aromatic carbocycles. The number of hydrogen-bond acceptors (Lipinski definition) is 3. The Bertz CT molecular complexity index is 417. The number of carbonyl (C=O) groups excluding carboxylic acids is 2. The third-order valence-electron chi connectivity index (χ3n) is 2.19. The number of ketones is 1. The molecule has 1 aliphatic carbocycles. The molecule has 0 aromatic heterocycles. The van der Waals surface area contributed by atoms with Crippen molar-refractivity contribution in [3.63, 3.8) is 0 Å². The van der Waals surface area contributed by atoms with E-state index in [1.54, 1.807) is 12.1 Å². The van der Waals surface area contributed by atoms with Gasteiger partial charge < -0.3 is 0 Å². The van der Waals surface area contributed by atoms with Gasteiger partial charge in [0.2, 0.25) is 6.08 Å². The van der Waals surface area contributed by atoms with Crippen molar-refractivity contribution in [2.24, 2.45) is 4.99 Å². The molecule has 2 rings (SSSR count). The molecule has 0 heterocycles. The molecule has 0 aliphatic heterocycles. The summed E-state index contributed by atoms with van der Waals surface area (Å²) >= 11 is 0. The van der Waals surface area contributed by atoms with Crippen molar-refractivity contribution in [1.29, 1.82) is 0 Å². The molecule has 0 unspecified atom stereocenters. The Morgan fingerprint density at radius 1 is 1.31 bits per heavy atom. The first-order valence-corrected chi connectivity index (χ1v) is 4.05. The predicted octanol–water partition coefficient (Wildman–Crippen LogP) is 1.78. The molecule has 1 aliphatic rings. The van der Waals surface area contributed by atoms with E-state index in [-0.39, 0.29) is 5.78 Å². The van der Waals surface area contributed by atoms with Crippen molar-refractivity contribution in [2.75, 3.05) is 0 Å². The summed E-state index contributed by atoms with van der Waals surface area (Å²) in [6.45, 7) is 0. The molecule has 0 N–H and O–H groups in total. The van der Waals surface area contributed by atoms with Crippen molar-refractivity contribution in [3.8, 4) is 0 Å². The Balaban J connectivity index is 2.53. The number of Topliss-reactive ketones (excluding diaryl/α,β-unsaturated/α-hetero) is 1. The second kappa shape index (κ2) is 2.96. The summed E-state index contributed by atoms with van der Waals surface area (Å²) in [4.78, 5) is 24.7. The van der Waals surface area contributed by atoms with Crippen LogP contribution in [0.4, 0.5) is 5.69 Å². The fourth-order valence-electron chi connectivity index (χ4n) is 1.55. The number of aryl methyl sites for hydroxylation is 1. The summed E-state index contributed by atoms with van der Waals surface area (Å²) < 4.78 is 0. The molecular formula is C10H7NO2. The Labute approximate surface area is 75.1 Å². The smallest absolute Gasteiger partial charge is 0.240 e. The lowest BCUT2D eigenvalue weighted by molar-refractivity contribution is 0.0994. The molecule has 0 spiro atoms. The van der Waals surface area contributed by atoms with E-state index in [0.717, 1.165) is 12.0 Å². The molecule has 64 valence electrons. The molecule has 3 heteroatoms. The van der Waals surface area contributed by atoms with E-state index in [1.165, 1.54) is 6.08 Å². The molecule has 0 saturated heterocycles. The summed E-state index contributed by atoms with van der Waals surface area (Å²) in [6.07, 6.45) is 2.83. The molecule has 0 amide bonds. The van der Waals surface area contributed by atoms with Crippen molar-refractivity contribution < 1.29 is 9.59 Å². The van der Waals surface area contributed by atoms with Crippen LogP contribution in [0.3, 0.4) is 0 Å².